The van der Waals surface area contributed by atoms with Crippen LogP contribution in [0, 0.1) is 13.8 Å². The number of carbonyl (C=O) groups is 3. The van der Waals surface area contributed by atoms with Gasteiger partial charge in [-0.3, -0.25) is 9.59 Å². The van der Waals surface area contributed by atoms with E-state index in [2.05, 4.69) is 20.0 Å². The molecule has 2 heterocycles. The van der Waals surface area contributed by atoms with E-state index in [-0.39, 0.29) is 40.4 Å². The molecule has 0 aliphatic heterocycles. The summed E-state index contributed by atoms with van der Waals surface area (Å²) in [5, 5.41) is 3.33. The number of nitrogens with zero attached hydrogens (tertiary/aromatic N) is 1. The van der Waals surface area contributed by atoms with Gasteiger partial charge in [-0.05, 0) is 37.6 Å². The largest absolute Gasteiger partial charge is 0.465 e. The molecule has 3 aromatic rings. The van der Waals surface area contributed by atoms with Gasteiger partial charge in [0.25, 0.3) is 5.56 Å². The highest BCUT2D eigenvalue weighted by molar-refractivity contribution is 7.16. The summed E-state index contributed by atoms with van der Waals surface area (Å²) in [5.41, 5.74) is 1.06. The number of esters is 2. The lowest BCUT2D eigenvalue weighted by Crippen LogP contribution is -2.16. The number of methoxy groups -OCH3 is 1. The third-order valence-corrected chi connectivity index (χ3v) is 5.52. The summed E-state index contributed by atoms with van der Waals surface area (Å²) in [4.78, 5) is 55.8. The van der Waals surface area contributed by atoms with Crippen LogP contribution in [0.1, 0.15) is 43.9 Å². The quantitative estimate of drug-likeness (QED) is 0.597. The molecule has 0 fully saturated rings. The highest BCUT2D eigenvalue weighted by Crippen LogP contribution is 2.33. The second-order valence-electron chi connectivity index (χ2n) is 6.48. The van der Waals surface area contributed by atoms with Gasteiger partial charge in [-0.1, -0.05) is 0 Å². The molecule has 156 valence electrons. The van der Waals surface area contributed by atoms with Crippen LogP contribution in [0.2, 0.25) is 0 Å². The molecule has 2 N–H and O–H groups in total. The number of aryl methyl sites for hydroxylation is 1. The standard InChI is InChI=1S/C20H19N3O6S/c1-9-10(2)30-18(21-11(3)24)16(9)20(27)29-8-15-22-14-7-12(19(26)28-4)5-6-13(14)17(25)23-15/h5-7H,8H2,1-4H3,(H,21,24)(H,22,23,25). The molecule has 3 rings (SSSR count). The van der Waals surface area contributed by atoms with Crippen molar-refractivity contribution in [2.75, 3.05) is 12.4 Å². The van der Waals surface area contributed by atoms with E-state index in [0.29, 0.717) is 10.6 Å². The number of hydrogen-bond donors (Lipinski definition) is 2. The van der Waals surface area contributed by atoms with Crippen molar-refractivity contribution in [2.24, 2.45) is 0 Å². The molecule has 0 spiro atoms. The molecule has 1 amide bonds. The Labute approximate surface area is 175 Å². The molecule has 30 heavy (non-hydrogen) atoms. The molecule has 0 bridgehead atoms. The second-order valence-corrected chi connectivity index (χ2v) is 7.71. The van der Waals surface area contributed by atoms with E-state index in [9.17, 15) is 19.2 Å². The second kappa shape index (κ2) is 8.46. The predicted octanol–water partition coefficient (Wildman–Crippen LogP) is 2.70. The Morgan fingerprint density at radius 2 is 1.93 bits per heavy atom. The fraction of sp³-hybridized carbons (Fsp3) is 0.250. The summed E-state index contributed by atoms with van der Waals surface area (Å²) in [6.07, 6.45) is 0. The van der Waals surface area contributed by atoms with Crippen LogP contribution in [0.15, 0.2) is 23.0 Å². The number of ether oxygens (including phenoxy) is 2. The van der Waals surface area contributed by atoms with Crippen molar-refractivity contribution < 1.29 is 23.9 Å². The van der Waals surface area contributed by atoms with Crippen molar-refractivity contribution >= 4 is 45.1 Å². The van der Waals surface area contributed by atoms with Crippen molar-refractivity contribution in [3.8, 4) is 0 Å². The molecular weight excluding hydrogens is 410 g/mol. The number of hydrogen-bond acceptors (Lipinski definition) is 8. The summed E-state index contributed by atoms with van der Waals surface area (Å²) in [7, 11) is 1.26. The molecule has 0 radical (unpaired) electrons. The molecule has 0 saturated heterocycles. The van der Waals surface area contributed by atoms with Gasteiger partial charge < -0.3 is 19.8 Å². The van der Waals surface area contributed by atoms with Gasteiger partial charge in [0.05, 0.1) is 29.1 Å². The summed E-state index contributed by atoms with van der Waals surface area (Å²) in [6.45, 7) is 4.66. The third kappa shape index (κ3) is 4.23. The average molecular weight is 429 g/mol. The lowest BCUT2D eigenvalue weighted by molar-refractivity contribution is -0.114. The number of rotatable bonds is 5. The minimum absolute atomic E-state index is 0.119. The van der Waals surface area contributed by atoms with Crippen LogP contribution in [-0.4, -0.2) is 34.9 Å². The van der Waals surface area contributed by atoms with E-state index in [1.54, 1.807) is 6.92 Å². The Morgan fingerprint density at radius 1 is 1.20 bits per heavy atom. The van der Waals surface area contributed by atoms with Gasteiger partial charge in [0.15, 0.2) is 0 Å². The normalized spacial score (nSPS) is 10.7. The van der Waals surface area contributed by atoms with E-state index in [1.165, 1.54) is 43.6 Å². The molecule has 1 aromatic carbocycles. The lowest BCUT2D eigenvalue weighted by atomic mass is 10.1. The first-order valence-corrected chi connectivity index (χ1v) is 9.69. The number of nitrogens with one attached hydrogen (secondary N) is 2. The minimum atomic E-state index is -0.647. The summed E-state index contributed by atoms with van der Waals surface area (Å²) in [6, 6.07) is 4.37. The minimum Gasteiger partial charge on any atom is -0.465 e. The maximum Gasteiger partial charge on any atom is 0.341 e. The van der Waals surface area contributed by atoms with Crippen LogP contribution in [0.25, 0.3) is 10.9 Å². The molecule has 0 unspecified atom stereocenters. The maximum atomic E-state index is 12.6. The lowest BCUT2D eigenvalue weighted by Gasteiger charge is -2.08. The van der Waals surface area contributed by atoms with Gasteiger partial charge in [-0.25, -0.2) is 14.6 Å². The number of fused-ring (bicyclic) bond motifs is 1. The van der Waals surface area contributed by atoms with Gasteiger partial charge in [0, 0.05) is 11.8 Å². The SMILES string of the molecule is COC(=O)c1ccc2c(=O)[nH]c(COC(=O)c3c(NC(C)=O)sc(C)c3C)nc2c1. The zero-order valence-electron chi connectivity index (χ0n) is 16.7. The van der Waals surface area contributed by atoms with Crippen LogP contribution in [0.4, 0.5) is 5.00 Å². The number of thiophene rings is 1. The molecule has 0 aliphatic carbocycles. The molecule has 10 heteroatoms. The van der Waals surface area contributed by atoms with Crippen LogP contribution in [0.3, 0.4) is 0 Å². The van der Waals surface area contributed by atoms with Gasteiger partial charge >= 0.3 is 11.9 Å². The van der Waals surface area contributed by atoms with Crippen molar-refractivity contribution in [3.63, 3.8) is 0 Å². The van der Waals surface area contributed by atoms with Gasteiger partial charge in [-0.15, -0.1) is 11.3 Å². The zero-order chi connectivity index (χ0) is 22.0. The number of aromatic amines is 1. The smallest absolute Gasteiger partial charge is 0.341 e. The number of anilines is 1. The van der Waals surface area contributed by atoms with Crippen molar-refractivity contribution in [3.05, 3.63) is 55.9 Å². The number of carbonyl (C=O) groups excluding carboxylic acids is 3. The number of aromatic nitrogens is 2. The number of benzene rings is 1. The summed E-state index contributed by atoms with van der Waals surface area (Å²) < 4.78 is 10.00. The first kappa shape index (κ1) is 21.2. The van der Waals surface area contributed by atoms with E-state index >= 15 is 0 Å². The fourth-order valence-corrected chi connectivity index (χ4v) is 3.92. The van der Waals surface area contributed by atoms with Crippen LogP contribution in [-0.2, 0) is 20.9 Å². The van der Waals surface area contributed by atoms with Gasteiger partial charge in [0.1, 0.15) is 17.4 Å². The van der Waals surface area contributed by atoms with E-state index in [1.807, 2.05) is 6.92 Å². The van der Waals surface area contributed by atoms with E-state index < -0.39 is 17.5 Å². The van der Waals surface area contributed by atoms with E-state index in [4.69, 9.17) is 4.74 Å². The Hall–Kier alpha value is -3.53. The van der Waals surface area contributed by atoms with Crippen LogP contribution in [0.5, 0.6) is 0 Å². The monoisotopic (exact) mass is 429 g/mol. The highest BCUT2D eigenvalue weighted by atomic mass is 32.1. The Balaban J connectivity index is 1.87. The van der Waals surface area contributed by atoms with Crippen LogP contribution < -0.4 is 10.9 Å². The highest BCUT2D eigenvalue weighted by Gasteiger charge is 2.22. The Morgan fingerprint density at radius 3 is 2.60 bits per heavy atom. The fourth-order valence-electron chi connectivity index (χ4n) is 2.83. The predicted molar refractivity (Wildman–Crippen MR) is 111 cm³/mol. The van der Waals surface area contributed by atoms with Gasteiger partial charge in [-0.2, -0.15) is 0 Å². The Bertz CT molecular complexity index is 1230. The average Bonchev–Trinajstić information content (AvgIpc) is 2.97. The molecule has 0 aliphatic rings. The van der Waals surface area contributed by atoms with Crippen LogP contribution >= 0.6 is 11.3 Å². The van der Waals surface area contributed by atoms with Gasteiger partial charge in [0.2, 0.25) is 5.91 Å². The number of amides is 1. The number of H-pyrrole nitrogens is 1. The topological polar surface area (TPSA) is 127 Å². The molecular formula is C20H19N3O6S. The van der Waals surface area contributed by atoms with Crippen molar-refractivity contribution in [1.82, 2.24) is 9.97 Å². The summed E-state index contributed by atoms with van der Waals surface area (Å²) >= 11 is 1.28. The first-order valence-electron chi connectivity index (χ1n) is 8.87. The molecule has 0 atom stereocenters. The summed E-state index contributed by atoms with van der Waals surface area (Å²) in [5.74, 6) is -1.38. The third-order valence-electron chi connectivity index (χ3n) is 4.40. The maximum absolute atomic E-state index is 12.6. The Kier molecular flexibility index (Phi) is 5.97. The first-order chi connectivity index (χ1) is 14.2. The van der Waals surface area contributed by atoms with Crippen molar-refractivity contribution in [1.29, 1.82) is 0 Å². The molecule has 2 aromatic heterocycles. The molecule has 0 saturated carbocycles. The van der Waals surface area contributed by atoms with Crippen molar-refractivity contribution in [2.45, 2.75) is 27.4 Å². The molecule has 9 nitrogen and oxygen atoms in total. The zero-order valence-corrected chi connectivity index (χ0v) is 17.6. The van der Waals surface area contributed by atoms with E-state index in [0.717, 1.165) is 4.88 Å².